The monoisotopic (exact) mass is 287 g/mol. The molecule has 110 valence electrons. The van der Waals surface area contributed by atoms with Gasteiger partial charge in [0.15, 0.2) is 0 Å². The van der Waals surface area contributed by atoms with Gasteiger partial charge < -0.3 is 4.90 Å². The SMILES string of the molecule is CN1CCC(c2ccc3ccccc3c2)c2ccccc2C1. The summed E-state index contributed by atoms with van der Waals surface area (Å²) >= 11 is 0. The fourth-order valence-corrected chi connectivity index (χ4v) is 3.66. The van der Waals surface area contributed by atoms with Crippen LogP contribution < -0.4 is 0 Å². The van der Waals surface area contributed by atoms with Crippen LogP contribution in [0.2, 0.25) is 0 Å². The van der Waals surface area contributed by atoms with Gasteiger partial charge in [0.05, 0.1) is 0 Å². The topological polar surface area (TPSA) is 3.24 Å². The van der Waals surface area contributed by atoms with Crippen molar-refractivity contribution in [2.75, 3.05) is 13.6 Å². The fourth-order valence-electron chi connectivity index (χ4n) is 3.66. The largest absolute Gasteiger partial charge is 0.302 e. The molecule has 3 aromatic carbocycles. The van der Waals surface area contributed by atoms with Crippen molar-refractivity contribution < 1.29 is 0 Å². The normalized spacial score (nSPS) is 18.9. The molecule has 0 aliphatic carbocycles. The molecule has 1 atom stereocenters. The first kappa shape index (κ1) is 13.5. The molecule has 1 aliphatic rings. The Morgan fingerprint density at radius 3 is 2.55 bits per heavy atom. The van der Waals surface area contributed by atoms with E-state index in [1.165, 1.54) is 33.9 Å². The summed E-state index contributed by atoms with van der Waals surface area (Å²) in [4.78, 5) is 2.43. The van der Waals surface area contributed by atoms with Gasteiger partial charge in [0.1, 0.15) is 0 Å². The Bertz CT molecular complexity index is 806. The molecule has 1 aliphatic heterocycles. The van der Waals surface area contributed by atoms with Crippen LogP contribution in [0.4, 0.5) is 0 Å². The van der Waals surface area contributed by atoms with Crippen molar-refractivity contribution in [2.45, 2.75) is 18.9 Å². The summed E-state index contributed by atoms with van der Waals surface area (Å²) in [5.74, 6) is 0.505. The molecule has 3 aromatic rings. The number of benzene rings is 3. The summed E-state index contributed by atoms with van der Waals surface area (Å²) in [6.07, 6.45) is 1.19. The highest BCUT2D eigenvalue weighted by molar-refractivity contribution is 5.83. The second kappa shape index (κ2) is 5.58. The predicted molar refractivity (Wildman–Crippen MR) is 93.2 cm³/mol. The molecule has 0 bridgehead atoms. The molecule has 0 radical (unpaired) electrons. The molecular formula is C21H21N. The van der Waals surface area contributed by atoms with E-state index in [1.54, 1.807) is 0 Å². The molecule has 1 unspecified atom stereocenters. The van der Waals surface area contributed by atoms with Crippen molar-refractivity contribution in [2.24, 2.45) is 0 Å². The number of hydrogen-bond acceptors (Lipinski definition) is 1. The molecule has 0 amide bonds. The molecule has 1 heteroatoms. The lowest BCUT2D eigenvalue weighted by molar-refractivity contribution is 0.328. The second-order valence-electron chi connectivity index (χ2n) is 6.38. The highest BCUT2D eigenvalue weighted by Crippen LogP contribution is 2.34. The minimum Gasteiger partial charge on any atom is -0.302 e. The summed E-state index contributed by atoms with van der Waals surface area (Å²) in [5, 5.41) is 2.67. The Kier molecular flexibility index (Phi) is 3.44. The third-order valence-electron chi connectivity index (χ3n) is 4.85. The molecule has 1 heterocycles. The minimum absolute atomic E-state index is 0.505. The maximum atomic E-state index is 2.43. The van der Waals surface area contributed by atoms with Crippen molar-refractivity contribution in [1.82, 2.24) is 4.90 Å². The lowest BCUT2D eigenvalue weighted by Crippen LogP contribution is -2.17. The molecule has 0 saturated heterocycles. The van der Waals surface area contributed by atoms with Crippen molar-refractivity contribution in [3.05, 3.63) is 83.4 Å². The summed E-state index contributed by atoms with van der Waals surface area (Å²) in [7, 11) is 2.22. The highest BCUT2D eigenvalue weighted by atomic mass is 15.1. The van der Waals surface area contributed by atoms with Crippen LogP contribution in [0, 0.1) is 0 Å². The Morgan fingerprint density at radius 1 is 0.864 bits per heavy atom. The summed E-state index contributed by atoms with van der Waals surface area (Å²) < 4.78 is 0. The zero-order chi connectivity index (χ0) is 14.9. The fraction of sp³-hybridized carbons (Fsp3) is 0.238. The molecule has 0 aromatic heterocycles. The number of fused-ring (bicyclic) bond motifs is 2. The van der Waals surface area contributed by atoms with E-state index in [2.05, 4.69) is 78.7 Å². The van der Waals surface area contributed by atoms with E-state index in [9.17, 15) is 0 Å². The van der Waals surface area contributed by atoms with E-state index in [4.69, 9.17) is 0 Å². The molecule has 1 nitrogen and oxygen atoms in total. The quantitative estimate of drug-likeness (QED) is 0.621. The van der Waals surface area contributed by atoms with E-state index < -0.39 is 0 Å². The minimum atomic E-state index is 0.505. The number of hydrogen-bond donors (Lipinski definition) is 0. The van der Waals surface area contributed by atoms with E-state index in [-0.39, 0.29) is 0 Å². The molecule has 0 fully saturated rings. The average molecular weight is 287 g/mol. The van der Waals surface area contributed by atoms with Gasteiger partial charge in [-0.25, -0.2) is 0 Å². The van der Waals surface area contributed by atoms with Crippen LogP contribution in [-0.4, -0.2) is 18.5 Å². The first-order valence-electron chi connectivity index (χ1n) is 8.06. The van der Waals surface area contributed by atoms with Gasteiger partial charge in [-0.05, 0) is 47.5 Å². The van der Waals surface area contributed by atoms with E-state index in [1.807, 2.05) is 0 Å². The van der Waals surface area contributed by atoms with Gasteiger partial charge in [-0.1, -0.05) is 66.7 Å². The summed E-state index contributed by atoms with van der Waals surface area (Å²) in [6.45, 7) is 2.20. The molecule has 0 saturated carbocycles. The van der Waals surface area contributed by atoms with Crippen LogP contribution in [0.25, 0.3) is 10.8 Å². The van der Waals surface area contributed by atoms with E-state index in [0.29, 0.717) is 5.92 Å². The number of rotatable bonds is 1. The third kappa shape index (κ3) is 2.42. The lowest BCUT2D eigenvalue weighted by Gasteiger charge is -2.18. The smallest absolute Gasteiger partial charge is 0.0233 e. The van der Waals surface area contributed by atoms with Gasteiger partial charge >= 0.3 is 0 Å². The zero-order valence-electron chi connectivity index (χ0n) is 13.0. The maximum Gasteiger partial charge on any atom is 0.0233 e. The Morgan fingerprint density at radius 2 is 1.64 bits per heavy atom. The second-order valence-corrected chi connectivity index (χ2v) is 6.38. The van der Waals surface area contributed by atoms with Crippen LogP contribution in [0.1, 0.15) is 29.0 Å². The standard InChI is InChI=1S/C21H21N/c1-22-13-12-21(20-9-5-4-8-19(20)15-22)18-11-10-16-6-2-3-7-17(16)14-18/h2-11,14,21H,12-13,15H2,1H3. The van der Waals surface area contributed by atoms with E-state index in [0.717, 1.165) is 13.1 Å². The van der Waals surface area contributed by atoms with Crippen molar-refractivity contribution >= 4 is 10.8 Å². The van der Waals surface area contributed by atoms with Gasteiger partial charge in [0, 0.05) is 12.5 Å². The van der Waals surface area contributed by atoms with E-state index >= 15 is 0 Å². The third-order valence-corrected chi connectivity index (χ3v) is 4.85. The van der Waals surface area contributed by atoms with Crippen LogP contribution in [0.15, 0.2) is 66.7 Å². The first-order valence-corrected chi connectivity index (χ1v) is 8.06. The van der Waals surface area contributed by atoms with Crippen LogP contribution in [-0.2, 0) is 6.54 Å². The van der Waals surface area contributed by atoms with Crippen LogP contribution in [0.3, 0.4) is 0 Å². The van der Waals surface area contributed by atoms with Crippen LogP contribution in [0.5, 0.6) is 0 Å². The summed E-state index contributed by atoms with van der Waals surface area (Å²) in [6, 6.07) is 24.5. The molecular weight excluding hydrogens is 266 g/mol. The van der Waals surface area contributed by atoms with Crippen molar-refractivity contribution in [1.29, 1.82) is 0 Å². The zero-order valence-corrected chi connectivity index (χ0v) is 13.0. The van der Waals surface area contributed by atoms with Gasteiger partial charge in [-0.2, -0.15) is 0 Å². The van der Waals surface area contributed by atoms with Gasteiger partial charge in [0.25, 0.3) is 0 Å². The predicted octanol–water partition coefficient (Wildman–Crippen LogP) is 4.81. The molecule has 22 heavy (non-hydrogen) atoms. The molecule has 0 spiro atoms. The molecule has 4 rings (SSSR count). The van der Waals surface area contributed by atoms with Gasteiger partial charge in [0.2, 0.25) is 0 Å². The Labute approximate surface area is 132 Å². The molecule has 0 N–H and O–H groups in total. The van der Waals surface area contributed by atoms with Crippen molar-refractivity contribution in [3.63, 3.8) is 0 Å². The maximum absolute atomic E-state index is 2.43. The highest BCUT2D eigenvalue weighted by Gasteiger charge is 2.22. The number of nitrogens with zero attached hydrogens (tertiary/aromatic N) is 1. The van der Waals surface area contributed by atoms with Gasteiger partial charge in [-0.15, -0.1) is 0 Å². The first-order chi connectivity index (χ1) is 10.8. The lowest BCUT2D eigenvalue weighted by atomic mass is 9.86. The Balaban J connectivity index is 1.83. The average Bonchev–Trinajstić information content (AvgIpc) is 2.72. The van der Waals surface area contributed by atoms with Gasteiger partial charge in [-0.3, -0.25) is 0 Å². The summed E-state index contributed by atoms with van der Waals surface area (Å²) in [5.41, 5.74) is 4.42. The Hall–Kier alpha value is -2.12. The van der Waals surface area contributed by atoms with Crippen LogP contribution >= 0.6 is 0 Å². The van der Waals surface area contributed by atoms with Crippen molar-refractivity contribution in [3.8, 4) is 0 Å².